The van der Waals surface area contributed by atoms with Gasteiger partial charge in [0.1, 0.15) is 21.3 Å². The van der Waals surface area contributed by atoms with Crippen LogP contribution >= 0.6 is 11.3 Å². The van der Waals surface area contributed by atoms with Crippen LogP contribution in [0.2, 0.25) is 0 Å². The van der Waals surface area contributed by atoms with Gasteiger partial charge in [0.05, 0.1) is 18.5 Å². The zero-order chi connectivity index (χ0) is 17.7. The number of aryl methyl sites for hydroxylation is 2. The van der Waals surface area contributed by atoms with Crippen molar-refractivity contribution in [2.75, 3.05) is 19.0 Å². The van der Waals surface area contributed by atoms with Crippen LogP contribution in [0.5, 0.6) is 0 Å². The molecule has 1 saturated carbocycles. The van der Waals surface area contributed by atoms with Crippen LogP contribution in [-0.4, -0.2) is 52.5 Å². The Bertz CT molecular complexity index is 874. The van der Waals surface area contributed by atoms with E-state index in [1.807, 2.05) is 18.7 Å². The summed E-state index contributed by atoms with van der Waals surface area (Å²) < 4.78 is 4.86. The van der Waals surface area contributed by atoms with Gasteiger partial charge in [-0.05, 0) is 32.3 Å². The first-order valence-electron chi connectivity index (χ1n) is 8.40. The molecule has 2 aromatic rings. The van der Waals surface area contributed by atoms with E-state index in [0.29, 0.717) is 35.5 Å². The molecule has 1 amide bonds. The molecule has 25 heavy (non-hydrogen) atoms. The molecule has 2 fully saturated rings. The number of nitrogens with one attached hydrogen (secondary N) is 1. The minimum absolute atomic E-state index is 0.0338. The number of carbonyl (C=O) groups is 2. The van der Waals surface area contributed by atoms with Crippen LogP contribution < -0.4 is 5.32 Å². The predicted molar refractivity (Wildman–Crippen MR) is 95.0 cm³/mol. The van der Waals surface area contributed by atoms with Gasteiger partial charge in [-0.3, -0.25) is 4.79 Å². The number of ether oxygens (including phenoxy) is 1. The number of thiophene rings is 1. The summed E-state index contributed by atoms with van der Waals surface area (Å²) >= 11 is 1.32. The number of hydrogen-bond acceptors (Lipinski definition) is 7. The molecule has 4 rings (SSSR count). The number of hydrogen-bond donors (Lipinski definition) is 1. The Kier molecular flexibility index (Phi) is 3.87. The molecule has 2 aromatic heterocycles. The normalized spacial score (nSPS) is 20.4. The minimum atomic E-state index is -0.361. The molecule has 1 unspecified atom stereocenters. The topological polar surface area (TPSA) is 84.4 Å². The van der Waals surface area contributed by atoms with Crippen molar-refractivity contribution in [1.29, 1.82) is 0 Å². The van der Waals surface area contributed by atoms with Gasteiger partial charge in [0, 0.05) is 19.0 Å². The number of carbonyl (C=O) groups excluding carboxylic acids is 2. The van der Waals surface area contributed by atoms with E-state index in [4.69, 9.17) is 4.74 Å². The van der Waals surface area contributed by atoms with Crippen molar-refractivity contribution >= 4 is 39.2 Å². The zero-order valence-electron chi connectivity index (χ0n) is 14.5. The number of fused-ring (bicyclic) bond motifs is 1. The number of nitrogens with zero attached hydrogens (tertiary/aromatic N) is 3. The first-order valence-corrected chi connectivity index (χ1v) is 9.21. The molecule has 132 valence electrons. The quantitative estimate of drug-likeness (QED) is 0.842. The van der Waals surface area contributed by atoms with Gasteiger partial charge in [0.2, 0.25) is 5.91 Å². The number of esters is 1. The third-order valence-electron chi connectivity index (χ3n) is 4.76. The summed E-state index contributed by atoms with van der Waals surface area (Å²) in [6.45, 7) is 4.42. The van der Waals surface area contributed by atoms with Crippen LogP contribution in [0.25, 0.3) is 10.2 Å². The van der Waals surface area contributed by atoms with Crippen molar-refractivity contribution < 1.29 is 14.3 Å². The van der Waals surface area contributed by atoms with Gasteiger partial charge in [-0.25, -0.2) is 14.8 Å². The number of anilines is 1. The lowest BCUT2D eigenvalue weighted by molar-refractivity contribution is -0.128. The van der Waals surface area contributed by atoms with E-state index in [0.717, 1.165) is 28.6 Å². The van der Waals surface area contributed by atoms with Crippen molar-refractivity contribution in [2.45, 2.75) is 45.2 Å². The molecule has 3 heterocycles. The summed E-state index contributed by atoms with van der Waals surface area (Å²) in [5.74, 6) is 1.18. The van der Waals surface area contributed by atoms with Gasteiger partial charge in [-0.1, -0.05) is 0 Å². The number of amides is 1. The van der Waals surface area contributed by atoms with Crippen LogP contribution in [0.15, 0.2) is 0 Å². The van der Waals surface area contributed by atoms with Gasteiger partial charge in [0.25, 0.3) is 0 Å². The summed E-state index contributed by atoms with van der Waals surface area (Å²) in [5, 5.41) is 4.26. The van der Waals surface area contributed by atoms with E-state index in [1.165, 1.54) is 18.4 Å². The lowest BCUT2D eigenvalue weighted by Gasteiger charge is -2.17. The molecule has 8 heteroatoms. The smallest absolute Gasteiger partial charge is 0.348 e. The number of likely N-dealkylation sites (tertiary alicyclic amines) is 1. The summed E-state index contributed by atoms with van der Waals surface area (Å²) in [5.41, 5.74) is 0.817. The average Bonchev–Trinajstić information content (AvgIpc) is 3.27. The van der Waals surface area contributed by atoms with Crippen LogP contribution in [0, 0.1) is 13.8 Å². The van der Waals surface area contributed by atoms with E-state index in [1.54, 1.807) is 0 Å². The van der Waals surface area contributed by atoms with Gasteiger partial charge in [-0.2, -0.15) is 0 Å². The van der Waals surface area contributed by atoms with Crippen molar-refractivity contribution in [3.8, 4) is 0 Å². The fourth-order valence-corrected chi connectivity index (χ4v) is 4.54. The fraction of sp³-hybridized carbons (Fsp3) is 0.529. The Morgan fingerprint density at radius 1 is 1.32 bits per heavy atom. The standard InChI is InChI=1S/C17H20N4O3S/c1-8-13-15(20-10-6-12(22)21(7-10)11-4-5-11)18-9(2)19-16(13)25-14(8)17(23)24-3/h10-11H,4-7H2,1-3H3,(H,18,19,20). The lowest BCUT2D eigenvalue weighted by Crippen LogP contribution is -2.30. The molecule has 1 N–H and O–H groups in total. The molecule has 1 atom stereocenters. The first-order chi connectivity index (χ1) is 12.0. The van der Waals surface area contributed by atoms with E-state index in [-0.39, 0.29) is 17.9 Å². The highest BCUT2D eigenvalue weighted by atomic mass is 32.1. The maximum atomic E-state index is 12.2. The third-order valence-corrected chi connectivity index (χ3v) is 5.93. The number of methoxy groups -OCH3 is 1. The Labute approximate surface area is 149 Å². The summed E-state index contributed by atoms with van der Waals surface area (Å²) in [4.78, 5) is 36.4. The van der Waals surface area contributed by atoms with Gasteiger partial charge < -0.3 is 15.0 Å². The molecule has 0 radical (unpaired) electrons. The minimum Gasteiger partial charge on any atom is -0.465 e. The molecule has 1 aliphatic heterocycles. The van der Waals surface area contributed by atoms with Crippen LogP contribution in [0.4, 0.5) is 5.82 Å². The van der Waals surface area contributed by atoms with Crippen molar-refractivity contribution in [3.05, 3.63) is 16.3 Å². The van der Waals surface area contributed by atoms with E-state index < -0.39 is 0 Å². The Hall–Kier alpha value is -2.22. The average molecular weight is 360 g/mol. The molecular formula is C17H20N4O3S. The largest absolute Gasteiger partial charge is 0.465 e. The third kappa shape index (κ3) is 2.84. The molecule has 1 saturated heterocycles. The molecule has 1 aliphatic carbocycles. The van der Waals surface area contributed by atoms with E-state index in [9.17, 15) is 9.59 Å². The SMILES string of the molecule is COC(=O)c1sc2nc(C)nc(NC3CC(=O)N(C4CC4)C3)c2c1C. The summed E-state index contributed by atoms with van der Waals surface area (Å²) in [6, 6.07) is 0.465. The first kappa shape index (κ1) is 16.3. The zero-order valence-corrected chi connectivity index (χ0v) is 15.3. The fourth-order valence-electron chi connectivity index (χ4n) is 3.40. The van der Waals surface area contributed by atoms with Gasteiger partial charge in [0.15, 0.2) is 0 Å². The van der Waals surface area contributed by atoms with E-state index >= 15 is 0 Å². The highest BCUT2D eigenvalue weighted by Gasteiger charge is 2.39. The molecule has 0 bridgehead atoms. The predicted octanol–water partition coefficient (Wildman–Crippen LogP) is 2.27. The Morgan fingerprint density at radius 2 is 2.08 bits per heavy atom. The second-order valence-electron chi connectivity index (χ2n) is 6.67. The monoisotopic (exact) mass is 360 g/mol. The highest BCUT2D eigenvalue weighted by Crippen LogP contribution is 2.36. The van der Waals surface area contributed by atoms with Crippen molar-refractivity contribution in [1.82, 2.24) is 14.9 Å². The molecule has 2 aliphatic rings. The maximum Gasteiger partial charge on any atom is 0.348 e. The maximum absolute atomic E-state index is 12.2. The molecular weight excluding hydrogens is 340 g/mol. The molecule has 7 nitrogen and oxygen atoms in total. The van der Waals surface area contributed by atoms with Crippen LogP contribution in [0.3, 0.4) is 0 Å². The Balaban J connectivity index is 1.68. The van der Waals surface area contributed by atoms with Gasteiger partial charge >= 0.3 is 5.97 Å². The lowest BCUT2D eigenvalue weighted by atomic mass is 10.2. The number of aromatic nitrogens is 2. The van der Waals surface area contributed by atoms with E-state index in [2.05, 4.69) is 15.3 Å². The highest BCUT2D eigenvalue weighted by molar-refractivity contribution is 7.20. The molecule has 0 aromatic carbocycles. The van der Waals surface area contributed by atoms with Crippen molar-refractivity contribution in [2.24, 2.45) is 0 Å². The van der Waals surface area contributed by atoms with Crippen molar-refractivity contribution in [3.63, 3.8) is 0 Å². The summed E-state index contributed by atoms with van der Waals surface area (Å²) in [7, 11) is 1.37. The second kappa shape index (κ2) is 5.94. The second-order valence-corrected chi connectivity index (χ2v) is 7.67. The molecule has 0 spiro atoms. The number of rotatable bonds is 4. The van der Waals surface area contributed by atoms with Gasteiger partial charge in [-0.15, -0.1) is 11.3 Å². The summed E-state index contributed by atoms with van der Waals surface area (Å²) in [6.07, 6.45) is 2.71. The van der Waals surface area contributed by atoms with Crippen LogP contribution in [-0.2, 0) is 9.53 Å². The Morgan fingerprint density at radius 3 is 2.76 bits per heavy atom. The van der Waals surface area contributed by atoms with Crippen LogP contribution in [0.1, 0.15) is 40.3 Å².